The lowest BCUT2D eigenvalue weighted by Crippen LogP contribution is -2.61. The van der Waals surface area contributed by atoms with E-state index in [-0.39, 0.29) is 171 Å². The van der Waals surface area contributed by atoms with Crippen LogP contribution >= 0.6 is 25.3 Å². The normalized spacial score (nSPS) is 17.1. The summed E-state index contributed by atoms with van der Waals surface area (Å²) in [4.78, 5) is 250. The van der Waals surface area contributed by atoms with Gasteiger partial charge in [-0.05, 0) is 107 Å². The fraction of sp³-hybridized carbons (Fsp3) is 0.536. The number of hydrogen-bond acceptors (Lipinski definition) is 23. The zero-order valence-corrected chi connectivity index (χ0v) is 75.4. The number of unbranched alkanes of at least 4 members (excludes halogenated alkanes) is 1. The number of aliphatic carboxylic acids is 1. The van der Waals surface area contributed by atoms with E-state index in [4.69, 9.17) is 39.2 Å². The van der Waals surface area contributed by atoms with E-state index in [2.05, 4.69) is 125 Å². The van der Waals surface area contributed by atoms with Gasteiger partial charge in [0.15, 0.2) is 17.9 Å². The Morgan fingerprint density at radius 3 is 1.29 bits per heavy atom. The maximum atomic E-state index is 15.3. The first-order chi connectivity index (χ1) is 63.2. The number of H-pyrrole nitrogens is 3. The molecule has 5 aromatic rings. The number of benzene rings is 2. The average Bonchev–Trinajstić information content (AvgIpc) is 1.65. The Bertz CT molecular complexity index is 4830. The number of carboxylic acid groups (broad SMARTS) is 1. The van der Waals surface area contributed by atoms with Crippen LogP contribution in [0.2, 0.25) is 0 Å². The summed E-state index contributed by atoms with van der Waals surface area (Å²) in [5.74, 6) is -15.2. The quantitative estimate of drug-likeness (QED) is 0.00754. The van der Waals surface area contributed by atoms with Gasteiger partial charge in [-0.1, -0.05) is 68.3 Å². The summed E-state index contributed by atoms with van der Waals surface area (Å²) in [5.41, 5.74) is 24.5. The molecule has 718 valence electrons. The number of amides is 15. The largest absolute Gasteiger partial charge is 0.481 e. The number of imidazole rings is 2. The minimum absolute atomic E-state index is 0.000472. The van der Waals surface area contributed by atoms with E-state index in [0.717, 1.165) is 0 Å². The van der Waals surface area contributed by atoms with Crippen LogP contribution in [-0.2, 0) is 102 Å². The van der Waals surface area contributed by atoms with Crippen molar-refractivity contribution in [3.63, 3.8) is 0 Å². The highest BCUT2D eigenvalue weighted by Gasteiger charge is 2.46. The van der Waals surface area contributed by atoms with Crippen LogP contribution in [0, 0.1) is 16.2 Å². The number of carboxylic acids is 1. The van der Waals surface area contributed by atoms with Crippen LogP contribution in [0.4, 0.5) is 0 Å². The molecule has 0 unspecified atom stereocenters. The number of hydrogen-bond donors (Lipinski definition) is 27. The summed E-state index contributed by atoms with van der Waals surface area (Å²) >= 11 is 8.80. The monoisotopic (exact) mass is 1870 g/mol. The van der Waals surface area contributed by atoms with Gasteiger partial charge in [0.1, 0.15) is 84.6 Å². The standard InChI is InChI=1S/C84H123N29O17S2/c1-3-4-19-54(70(119)103-55(22-11-30-95-83(88)89)69(118)101-53(68(85)117)21-10-29-94-82(86)87)102-72(121)57(27-28-67(115)116)104-71(120)56(23-12-31-96-84(90)91)105-77(126)65-25-14-33-112(65)81(130)66-26-15-34-113(66)80(129)63(43-132)110-74(123)59(36-48-39-97-52-20-9-8-18-51(48)52)107-75(124)60(37-49-40-92-44-98-49)108-73(122)58(35-47-16-6-5-7-17-47)106-76(125)61(38-50-41-93-45-99-50)109-78(127)64-24-13-32-111(64)79(128)62(42-131)100-46(2)114/h5-9,16-18,20,39-41,44-45,53-66,97,131-132H,3-4,10-15,19,21-38,42-43H2,1-2H3,(H2,85,117)(H,92,98)(H,93,99)(H,100,114)(H,101,118)(H,102,121)(H,103,119)(H,104,120)(H,105,126)(H,106,125)(H,107,124)(H,108,122)(H,109,127)(H,110,123)(H,115,116)(H4,86,87,94)(H4,88,89,95)(H4,90,91,96)/t53-,54-,55-,56+,57-,58+,59-,60-,61-,62-,63-,64-,65-,66-/m0/s1. The minimum Gasteiger partial charge on any atom is -0.481 e. The number of aromatic amines is 3. The zero-order valence-electron chi connectivity index (χ0n) is 73.6. The summed E-state index contributed by atoms with van der Waals surface area (Å²) < 4.78 is 0. The van der Waals surface area contributed by atoms with Gasteiger partial charge in [0.25, 0.3) is 0 Å². The lowest BCUT2D eigenvalue weighted by Gasteiger charge is -2.33. The molecule has 0 radical (unpaired) electrons. The number of guanidine groups is 3. The molecule has 0 saturated carbocycles. The fourth-order valence-electron chi connectivity index (χ4n) is 15.9. The number of nitrogens with zero attached hydrogens (tertiary/aromatic N) is 5. The molecule has 15 amide bonds. The van der Waals surface area contributed by atoms with Gasteiger partial charge in [0, 0.05) is 119 Å². The molecule has 29 N–H and O–H groups in total. The molecule has 2 aromatic carbocycles. The zero-order chi connectivity index (χ0) is 96.1. The Morgan fingerprint density at radius 1 is 0.447 bits per heavy atom. The van der Waals surface area contributed by atoms with Gasteiger partial charge in [-0.25, -0.2) is 9.97 Å². The van der Waals surface area contributed by atoms with Crippen molar-refractivity contribution in [3.8, 4) is 0 Å². The number of likely N-dealkylation sites (tertiary alicyclic amines) is 3. The van der Waals surface area contributed by atoms with Gasteiger partial charge in [0.05, 0.1) is 24.0 Å². The fourth-order valence-corrected chi connectivity index (χ4v) is 16.4. The first-order valence-corrected chi connectivity index (χ1v) is 45.2. The van der Waals surface area contributed by atoms with E-state index in [1.807, 2.05) is 0 Å². The van der Waals surface area contributed by atoms with Crippen molar-refractivity contribution >= 4 is 149 Å². The van der Waals surface area contributed by atoms with Crippen LogP contribution in [0.15, 0.2) is 85.8 Å². The maximum absolute atomic E-state index is 15.3. The van der Waals surface area contributed by atoms with E-state index >= 15 is 24.0 Å². The van der Waals surface area contributed by atoms with E-state index < -0.39 is 198 Å². The van der Waals surface area contributed by atoms with Gasteiger partial charge in [-0.2, -0.15) is 25.3 Å². The molecule has 6 heterocycles. The van der Waals surface area contributed by atoms with Crippen molar-refractivity contribution < 1.29 is 81.8 Å². The number of thiol groups is 2. The Kier molecular flexibility index (Phi) is 41.1. The van der Waals surface area contributed by atoms with Crippen LogP contribution in [0.3, 0.4) is 0 Å². The highest BCUT2D eigenvalue weighted by molar-refractivity contribution is 7.80. The summed E-state index contributed by atoms with van der Waals surface area (Å²) in [7, 11) is 0. The predicted molar refractivity (Wildman–Crippen MR) is 489 cm³/mol. The number of carbonyl (C=O) groups is 16. The van der Waals surface area contributed by atoms with Crippen LogP contribution in [0.25, 0.3) is 10.9 Å². The lowest BCUT2D eigenvalue weighted by atomic mass is 10.0. The van der Waals surface area contributed by atoms with E-state index in [1.54, 1.807) is 67.7 Å². The van der Waals surface area contributed by atoms with Crippen molar-refractivity contribution in [2.45, 2.75) is 233 Å². The van der Waals surface area contributed by atoms with E-state index in [0.29, 0.717) is 47.0 Å². The SMILES string of the molecule is CCCC[C@H](NC(=O)[C@H](CCC(=O)O)NC(=O)[C@@H](CCCNC(=N)N)NC(=O)[C@@H]1CCCN1C(=O)[C@@H]1CCCN1C(=O)[C@H](CS)NC(=O)[C@H](Cc1c[nH]c2ccccc12)NC(=O)[C@H](Cc1c[nH]cn1)NC(=O)[C@@H](Cc1ccccc1)NC(=O)[C@H](Cc1c[nH]cn1)NC(=O)[C@@H]1CCCN1C(=O)[C@H](CS)NC(C)=O)C(=O)N[C@@H](CCCNC(=N)N)C(=O)N[C@@H](CCCNC(=N)N)C(N)=O. The number of aromatic nitrogens is 5. The number of rotatable bonds is 53. The highest BCUT2D eigenvalue weighted by atomic mass is 32.1. The molecule has 3 saturated heterocycles. The Labute approximate surface area is 772 Å². The molecule has 8 rings (SSSR count). The second kappa shape index (κ2) is 52.3. The second-order valence-electron chi connectivity index (χ2n) is 32.5. The Balaban J connectivity index is 0.990. The average molecular weight is 1880 g/mol. The van der Waals surface area contributed by atoms with Crippen LogP contribution in [-0.4, -0.2) is 293 Å². The molecule has 0 spiro atoms. The van der Waals surface area contributed by atoms with Crippen molar-refractivity contribution in [2.24, 2.45) is 22.9 Å². The van der Waals surface area contributed by atoms with Gasteiger partial charge >= 0.3 is 5.97 Å². The molecular formula is C84H123N29O17S2. The number of fused-ring (bicyclic) bond motifs is 1. The van der Waals surface area contributed by atoms with Crippen LogP contribution in [0.5, 0.6) is 0 Å². The summed E-state index contributed by atoms with van der Waals surface area (Å²) in [6.45, 7) is 3.44. The summed E-state index contributed by atoms with van der Waals surface area (Å²) in [5, 5.41) is 70.6. The first kappa shape index (κ1) is 104. The first-order valence-electron chi connectivity index (χ1n) is 43.9. The number of carbonyl (C=O) groups excluding carboxylic acids is 15. The van der Waals surface area contributed by atoms with Crippen LogP contribution < -0.4 is 97.4 Å². The number of para-hydroxylation sites is 1. The summed E-state index contributed by atoms with van der Waals surface area (Å²) in [6, 6.07) is -3.64. The molecule has 0 bridgehead atoms. The molecule has 3 aliphatic rings. The number of primary amides is 1. The highest BCUT2D eigenvalue weighted by Crippen LogP contribution is 2.28. The molecule has 46 nitrogen and oxygen atoms in total. The molecule has 132 heavy (non-hydrogen) atoms. The van der Waals surface area contributed by atoms with Gasteiger partial charge in [0.2, 0.25) is 88.6 Å². The van der Waals surface area contributed by atoms with Crippen molar-refractivity contribution in [3.05, 3.63) is 108 Å². The third kappa shape index (κ3) is 31.9. The second-order valence-corrected chi connectivity index (χ2v) is 33.2. The minimum atomic E-state index is -1.70. The molecule has 0 aliphatic carbocycles. The topological polar surface area (TPSA) is 720 Å². The Hall–Kier alpha value is -13.6. The molecule has 14 atom stereocenters. The molecule has 3 aromatic heterocycles. The lowest BCUT2D eigenvalue weighted by molar-refractivity contribution is -0.148. The molecule has 48 heteroatoms. The molecular weight excluding hydrogens is 1750 g/mol. The molecule has 3 aliphatic heterocycles. The van der Waals surface area contributed by atoms with E-state index in [1.165, 1.54) is 46.7 Å². The van der Waals surface area contributed by atoms with Crippen LogP contribution in [0.1, 0.15) is 146 Å². The third-order valence-electron chi connectivity index (χ3n) is 22.6. The Morgan fingerprint density at radius 2 is 0.826 bits per heavy atom. The summed E-state index contributed by atoms with van der Waals surface area (Å²) in [6.07, 6.45) is 7.46. The third-order valence-corrected chi connectivity index (χ3v) is 23.4. The number of nitrogens with two attached hydrogens (primary N) is 4. The van der Waals surface area contributed by atoms with Crippen molar-refractivity contribution in [2.75, 3.05) is 50.8 Å². The molecule has 3 fully saturated rings. The smallest absolute Gasteiger partial charge is 0.303 e. The van der Waals surface area contributed by atoms with E-state index in [9.17, 15) is 57.8 Å². The van der Waals surface area contributed by atoms with Crippen molar-refractivity contribution in [1.82, 2.24) is 114 Å². The van der Waals surface area contributed by atoms with Gasteiger partial charge in [-0.3, -0.25) is 92.9 Å². The van der Waals surface area contributed by atoms with Gasteiger partial charge in [-0.15, -0.1) is 0 Å². The maximum Gasteiger partial charge on any atom is 0.303 e. The van der Waals surface area contributed by atoms with Crippen molar-refractivity contribution in [1.29, 1.82) is 16.2 Å². The van der Waals surface area contributed by atoms with Gasteiger partial charge < -0.3 is 132 Å². The predicted octanol–water partition coefficient (Wildman–Crippen LogP) is -4.60. The number of nitrogens with one attached hydrogen (secondary N) is 20.